The highest BCUT2D eigenvalue weighted by Crippen LogP contribution is 2.25. The van der Waals surface area contributed by atoms with E-state index in [4.69, 9.17) is 4.74 Å². The zero-order valence-electron chi connectivity index (χ0n) is 15.7. The second-order valence-electron chi connectivity index (χ2n) is 6.31. The van der Waals surface area contributed by atoms with Crippen molar-refractivity contribution in [1.82, 2.24) is 24.9 Å². The fourth-order valence-electron chi connectivity index (χ4n) is 3.23. The van der Waals surface area contributed by atoms with Gasteiger partial charge < -0.3 is 15.4 Å². The van der Waals surface area contributed by atoms with Crippen LogP contribution in [0.2, 0.25) is 0 Å². The Bertz CT molecular complexity index is 843. The first-order valence-corrected chi connectivity index (χ1v) is 10.8. The van der Waals surface area contributed by atoms with Crippen LogP contribution in [0.4, 0.5) is 0 Å². The van der Waals surface area contributed by atoms with Crippen LogP contribution in [0.5, 0.6) is 0 Å². The van der Waals surface area contributed by atoms with E-state index in [0.717, 1.165) is 49.5 Å². The zero-order valence-corrected chi connectivity index (χ0v) is 19.7. The van der Waals surface area contributed by atoms with E-state index >= 15 is 0 Å². The Labute approximate surface area is 189 Å². The van der Waals surface area contributed by atoms with Crippen molar-refractivity contribution >= 4 is 57.6 Å². The number of hydrogen-bond donors (Lipinski definition) is 2. The topological polar surface area (TPSA) is 66.2 Å². The maximum Gasteiger partial charge on any atom is 0.193 e. The number of nitrogens with zero attached hydrogens (tertiary/aromatic N) is 4. The second kappa shape index (κ2) is 10.5. The van der Waals surface area contributed by atoms with Crippen molar-refractivity contribution in [2.24, 2.45) is 4.99 Å². The molecule has 1 saturated heterocycles. The molecule has 2 N–H and O–H groups in total. The van der Waals surface area contributed by atoms with Crippen LogP contribution < -0.4 is 10.6 Å². The van der Waals surface area contributed by atoms with Crippen molar-refractivity contribution in [3.8, 4) is 0 Å². The average Bonchev–Trinajstić information content (AvgIpc) is 3.43. The lowest BCUT2D eigenvalue weighted by atomic mass is 10.2. The number of hydrogen-bond acceptors (Lipinski definition) is 6. The molecule has 0 saturated carbocycles. The molecule has 0 bridgehead atoms. The molecule has 3 aromatic heterocycles. The minimum Gasteiger partial charge on any atom is -0.379 e. The quantitative estimate of drug-likeness (QED) is 0.291. The summed E-state index contributed by atoms with van der Waals surface area (Å²) in [4.78, 5) is 13.8. The van der Waals surface area contributed by atoms with Gasteiger partial charge >= 0.3 is 0 Å². The normalized spacial score (nSPS) is 16.7. The van der Waals surface area contributed by atoms with Gasteiger partial charge in [-0.05, 0) is 11.4 Å². The molecule has 152 valence electrons. The summed E-state index contributed by atoms with van der Waals surface area (Å²) in [6.07, 6.45) is 4.08. The molecule has 7 nitrogen and oxygen atoms in total. The summed E-state index contributed by atoms with van der Waals surface area (Å²) in [5.41, 5.74) is 1.01. The van der Waals surface area contributed by atoms with Gasteiger partial charge in [0.1, 0.15) is 0 Å². The largest absolute Gasteiger partial charge is 0.379 e. The highest BCUT2D eigenvalue weighted by molar-refractivity contribution is 14.0. The lowest BCUT2D eigenvalue weighted by Crippen LogP contribution is -2.46. The van der Waals surface area contributed by atoms with Crippen LogP contribution in [0.25, 0.3) is 4.96 Å². The number of halogens is 1. The molecule has 4 rings (SSSR count). The summed E-state index contributed by atoms with van der Waals surface area (Å²) in [7, 11) is 1.80. The molecule has 0 amide bonds. The lowest BCUT2D eigenvalue weighted by molar-refractivity contribution is 0.0177. The van der Waals surface area contributed by atoms with Crippen molar-refractivity contribution in [2.45, 2.75) is 12.6 Å². The summed E-state index contributed by atoms with van der Waals surface area (Å²) in [5, 5.41) is 11.0. The molecular weight excluding hydrogens is 507 g/mol. The summed E-state index contributed by atoms with van der Waals surface area (Å²) in [5.74, 6) is 0.793. The number of rotatable bonds is 6. The lowest BCUT2D eigenvalue weighted by Gasteiger charge is -2.34. The van der Waals surface area contributed by atoms with Crippen LogP contribution in [0.1, 0.15) is 16.6 Å². The van der Waals surface area contributed by atoms with E-state index in [1.165, 1.54) is 4.88 Å². The van der Waals surface area contributed by atoms with Crippen LogP contribution in [-0.2, 0) is 11.3 Å². The number of thiazole rings is 1. The van der Waals surface area contributed by atoms with Crippen LogP contribution in [0.15, 0.2) is 40.3 Å². The van der Waals surface area contributed by atoms with E-state index in [-0.39, 0.29) is 24.0 Å². The Hall–Kier alpha value is -1.21. The van der Waals surface area contributed by atoms with Gasteiger partial charge in [0.2, 0.25) is 0 Å². The number of guanidine groups is 1. The van der Waals surface area contributed by atoms with Gasteiger partial charge in [0, 0.05) is 49.3 Å². The molecule has 4 heterocycles. The van der Waals surface area contributed by atoms with Gasteiger partial charge in [0.05, 0.1) is 31.5 Å². The number of thiophene rings is 1. The van der Waals surface area contributed by atoms with E-state index in [1.54, 1.807) is 29.7 Å². The van der Waals surface area contributed by atoms with Crippen molar-refractivity contribution in [3.63, 3.8) is 0 Å². The molecule has 1 atom stereocenters. The molecular formula is C18H25IN6OS2. The number of morpholine rings is 1. The number of aromatic nitrogens is 2. The van der Waals surface area contributed by atoms with E-state index in [0.29, 0.717) is 12.6 Å². The number of imidazole rings is 1. The van der Waals surface area contributed by atoms with Gasteiger partial charge in [-0.25, -0.2) is 4.98 Å². The summed E-state index contributed by atoms with van der Waals surface area (Å²) >= 11 is 3.44. The predicted molar refractivity (Wildman–Crippen MR) is 126 cm³/mol. The Morgan fingerprint density at radius 2 is 2.14 bits per heavy atom. The Balaban J connectivity index is 0.00000225. The fourth-order valence-corrected chi connectivity index (χ4v) is 4.81. The molecule has 0 aromatic carbocycles. The van der Waals surface area contributed by atoms with Crippen LogP contribution in [0, 0.1) is 0 Å². The highest BCUT2D eigenvalue weighted by Gasteiger charge is 2.23. The van der Waals surface area contributed by atoms with E-state index in [9.17, 15) is 0 Å². The molecule has 28 heavy (non-hydrogen) atoms. The van der Waals surface area contributed by atoms with Crippen molar-refractivity contribution < 1.29 is 4.74 Å². The Morgan fingerprint density at radius 3 is 2.86 bits per heavy atom. The van der Waals surface area contributed by atoms with E-state index < -0.39 is 0 Å². The third kappa shape index (κ3) is 5.23. The molecule has 1 fully saturated rings. The molecule has 0 spiro atoms. The molecule has 1 aliphatic heterocycles. The summed E-state index contributed by atoms with van der Waals surface area (Å²) < 4.78 is 7.56. The number of ether oxygens (including phenoxy) is 1. The SMILES string of the molecule is CN=C(NCc1cn2ccsc2n1)NCC(c1cccs1)N1CCOCC1.I. The average molecular weight is 532 g/mol. The second-order valence-corrected chi connectivity index (χ2v) is 8.16. The number of nitrogens with one attached hydrogen (secondary N) is 2. The molecule has 0 radical (unpaired) electrons. The molecule has 1 unspecified atom stereocenters. The summed E-state index contributed by atoms with van der Waals surface area (Å²) in [6.45, 7) is 4.97. The van der Waals surface area contributed by atoms with Gasteiger partial charge in [0.25, 0.3) is 0 Å². The van der Waals surface area contributed by atoms with E-state index in [2.05, 4.69) is 43.0 Å². The monoisotopic (exact) mass is 532 g/mol. The molecule has 1 aliphatic rings. The maximum atomic E-state index is 5.52. The van der Waals surface area contributed by atoms with Gasteiger partial charge in [-0.2, -0.15) is 0 Å². The fraction of sp³-hybridized carbons (Fsp3) is 0.444. The standard InChI is InChI=1S/C18H24N6OS2.HI/c1-19-17(20-11-14-13-24-6-10-27-18(24)22-14)21-12-15(16-3-2-9-26-16)23-4-7-25-8-5-23;/h2-3,6,9-10,13,15H,4-5,7-8,11-12H2,1H3,(H2,19,20,21);1H. The van der Waals surface area contributed by atoms with Gasteiger partial charge in [0.15, 0.2) is 10.9 Å². The molecule has 3 aromatic rings. The third-order valence-corrected chi connectivity index (χ3v) is 6.37. The third-order valence-electron chi connectivity index (χ3n) is 4.62. The van der Waals surface area contributed by atoms with Crippen LogP contribution in [-0.4, -0.2) is 60.1 Å². The Morgan fingerprint density at radius 1 is 1.29 bits per heavy atom. The van der Waals surface area contributed by atoms with Gasteiger partial charge in [-0.15, -0.1) is 46.7 Å². The number of fused-ring (bicyclic) bond motifs is 1. The first-order valence-electron chi connectivity index (χ1n) is 9.04. The molecule has 0 aliphatic carbocycles. The first kappa shape index (κ1) is 21.5. The summed E-state index contributed by atoms with van der Waals surface area (Å²) in [6, 6.07) is 4.65. The van der Waals surface area contributed by atoms with Crippen molar-refractivity contribution in [1.29, 1.82) is 0 Å². The minimum absolute atomic E-state index is 0. The van der Waals surface area contributed by atoms with Crippen LogP contribution >= 0.6 is 46.7 Å². The van der Waals surface area contributed by atoms with Crippen molar-refractivity contribution in [3.05, 3.63) is 45.9 Å². The van der Waals surface area contributed by atoms with Crippen LogP contribution in [0.3, 0.4) is 0 Å². The Kier molecular flexibility index (Phi) is 8.09. The first-order chi connectivity index (χ1) is 13.3. The highest BCUT2D eigenvalue weighted by atomic mass is 127. The predicted octanol–water partition coefficient (Wildman–Crippen LogP) is 2.81. The molecule has 10 heteroatoms. The van der Waals surface area contributed by atoms with Gasteiger partial charge in [-0.3, -0.25) is 14.3 Å². The number of aliphatic imine (C=N–C) groups is 1. The van der Waals surface area contributed by atoms with E-state index in [1.807, 2.05) is 22.2 Å². The zero-order chi connectivity index (χ0) is 18.5. The smallest absolute Gasteiger partial charge is 0.193 e. The van der Waals surface area contributed by atoms with Gasteiger partial charge in [-0.1, -0.05) is 6.07 Å². The maximum absolute atomic E-state index is 5.52. The van der Waals surface area contributed by atoms with Crippen molar-refractivity contribution in [2.75, 3.05) is 39.9 Å². The minimum atomic E-state index is 0.